The number of piperidine rings is 1. The molecule has 0 amide bonds. The van der Waals surface area contributed by atoms with E-state index in [1.807, 2.05) is 6.07 Å². The van der Waals surface area contributed by atoms with E-state index in [1.54, 1.807) is 7.11 Å². The number of hydrogen-bond donors (Lipinski definition) is 1. The maximum atomic E-state index is 5.39. The molecule has 0 radical (unpaired) electrons. The number of allylic oxidation sites excluding steroid dienone is 2. The predicted octanol–water partition coefficient (Wildman–Crippen LogP) is 2.89. The fourth-order valence-corrected chi connectivity index (χ4v) is 3.55. The van der Waals surface area contributed by atoms with E-state index < -0.39 is 0 Å². The molecule has 18 heavy (non-hydrogen) atoms. The van der Waals surface area contributed by atoms with Gasteiger partial charge in [0.05, 0.1) is 7.11 Å². The third-order valence-corrected chi connectivity index (χ3v) is 4.63. The second-order valence-corrected chi connectivity index (χ2v) is 5.45. The fraction of sp³-hybridized carbons (Fsp3) is 0.500. The molecule has 1 aromatic rings. The summed E-state index contributed by atoms with van der Waals surface area (Å²) >= 11 is 0. The van der Waals surface area contributed by atoms with Crippen LogP contribution in [-0.4, -0.2) is 20.2 Å². The monoisotopic (exact) mass is 243 g/mol. The summed E-state index contributed by atoms with van der Waals surface area (Å²) < 4.78 is 5.39. The number of rotatable bonds is 2. The lowest BCUT2D eigenvalue weighted by Gasteiger charge is -2.46. The third-order valence-electron chi connectivity index (χ3n) is 4.63. The van der Waals surface area contributed by atoms with Crippen molar-refractivity contribution in [2.75, 3.05) is 20.2 Å². The Balaban J connectivity index is 2.02. The zero-order valence-corrected chi connectivity index (χ0v) is 11.0. The average molecular weight is 243 g/mol. The van der Waals surface area contributed by atoms with Gasteiger partial charge in [-0.3, -0.25) is 0 Å². The van der Waals surface area contributed by atoms with Crippen LogP contribution < -0.4 is 10.1 Å². The molecule has 2 nitrogen and oxygen atoms in total. The maximum absolute atomic E-state index is 5.39. The van der Waals surface area contributed by atoms with E-state index in [0.717, 1.165) is 24.8 Å². The van der Waals surface area contributed by atoms with Gasteiger partial charge in [0.1, 0.15) is 5.75 Å². The zero-order chi connectivity index (χ0) is 12.4. The molecule has 1 fully saturated rings. The van der Waals surface area contributed by atoms with Crippen LogP contribution in [0.3, 0.4) is 0 Å². The molecule has 2 aliphatic rings. The third kappa shape index (κ3) is 1.85. The van der Waals surface area contributed by atoms with Crippen LogP contribution in [0.25, 0.3) is 0 Å². The molecule has 0 spiro atoms. The van der Waals surface area contributed by atoms with Crippen LogP contribution >= 0.6 is 0 Å². The molecule has 1 aliphatic carbocycles. The van der Waals surface area contributed by atoms with Gasteiger partial charge in [0.2, 0.25) is 0 Å². The van der Waals surface area contributed by atoms with E-state index in [9.17, 15) is 0 Å². The Morgan fingerprint density at radius 1 is 1.33 bits per heavy atom. The molecule has 1 aliphatic heterocycles. The molecular formula is C16H21NO. The van der Waals surface area contributed by atoms with Crippen molar-refractivity contribution >= 4 is 0 Å². The number of methoxy groups -OCH3 is 1. The van der Waals surface area contributed by atoms with Gasteiger partial charge in [0.25, 0.3) is 0 Å². The first-order chi connectivity index (χ1) is 8.85. The molecule has 0 unspecified atom stereocenters. The van der Waals surface area contributed by atoms with Gasteiger partial charge in [0, 0.05) is 5.41 Å². The van der Waals surface area contributed by atoms with Crippen LogP contribution in [-0.2, 0) is 5.41 Å². The predicted molar refractivity (Wildman–Crippen MR) is 74.0 cm³/mol. The summed E-state index contributed by atoms with van der Waals surface area (Å²) in [7, 11) is 1.75. The second kappa shape index (κ2) is 4.77. The van der Waals surface area contributed by atoms with Crippen molar-refractivity contribution in [1.29, 1.82) is 0 Å². The Labute approximate surface area is 109 Å². The van der Waals surface area contributed by atoms with Gasteiger partial charge >= 0.3 is 0 Å². The molecule has 3 rings (SSSR count). The highest BCUT2D eigenvalue weighted by Gasteiger charge is 2.42. The van der Waals surface area contributed by atoms with E-state index in [4.69, 9.17) is 4.74 Å². The second-order valence-electron chi connectivity index (χ2n) is 5.45. The Hall–Kier alpha value is -1.28. The van der Waals surface area contributed by atoms with Crippen LogP contribution in [0.2, 0.25) is 0 Å². The molecule has 0 aromatic heterocycles. The largest absolute Gasteiger partial charge is 0.497 e. The molecule has 96 valence electrons. The molecule has 0 saturated carbocycles. The van der Waals surface area contributed by atoms with Crippen molar-refractivity contribution in [3.8, 4) is 5.75 Å². The topological polar surface area (TPSA) is 21.3 Å². The van der Waals surface area contributed by atoms with Crippen LogP contribution in [0, 0.1) is 5.92 Å². The van der Waals surface area contributed by atoms with Crippen LogP contribution in [0.15, 0.2) is 36.4 Å². The van der Waals surface area contributed by atoms with Gasteiger partial charge in [-0.2, -0.15) is 0 Å². The zero-order valence-electron chi connectivity index (χ0n) is 11.0. The van der Waals surface area contributed by atoms with Crippen molar-refractivity contribution in [3.05, 3.63) is 42.0 Å². The molecule has 1 N–H and O–H groups in total. The van der Waals surface area contributed by atoms with Gasteiger partial charge in [-0.25, -0.2) is 0 Å². The van der Waals surface area contributed by atoms with Crippen molar-refractivity contribution < 1.29 is 4.74 Å². The minimum absolute atomic E-state index is 0.328. The Kier molecular flexibility index (Phi) is 3.13. The smallest absolute Gasteiger partial charge is 0.119 e. The standard InChI is InChI=1S/C16H21NO/c1-18-15-7-4-6-13(11-15)16-8-3-2-5-14(16)12-17-10-9-16/h2-4,6-7,11,14,17H,5,8-10,12H2,1H3/t14-,16-/m0/s1. The molecular weight excluding hydrogens is 222 g/mol. The fourth-order valence-electron chi connectivity index (χ4n) is 3.55. The van der Waals surface area contributed by atoms with Gasteiger partial charge < -0.3 is 10.1 Å². The molecule has 2 atom stereocenters. The summed E-state index contributed by atoms with van der Waals surface area (Å²) in [6, 6.07) is 8.67. The van der Waals surface area contributed by atoms with Crippen molar-refractivity contribution in [2.45, 2.75) is 24.7 Å². The first-order valence-electron chi connectivity index (χ1n) is 6.85. The Morgan fingerprint density at radius 3 is 3.17 bits per heavy atom. The van der Waals surface area contributed by atoms with E-state index in [1.165, 1.54) is 24.8 Å². The van der Waals surface area contributed by atoms with E-state index in [2.05, 4.69) is 35.7 Å². The van der Waals surface area contributed by atoms with Crippen LogP contribution in [0.5, 0.6) is 5.75 Å². The first kappa shape index (κ1) is 11.8. The molecule has 0 bridgehead atoms. The lowest BCUT2D eigenvalue weighted by molar-refractivity contribution is 0.193. The summed E-state index contributed by atoms with van der Waals surface area (Å²) in [5.74, 6) is 1.71. The highest BCUT2D eigenvalue weighted by Crippen LogP contribution is 2.45. The normalized spacial score (nSPS) is 30.8. The molecule has 1 aromatic carbocycles. The molecule has 1 saturated heterocycles. The van der Waals surface area contributed by atoms with Gasteiger partial charge in [-0.05, 0) is 56.0 Å². The quantitative estimate of drug-likeness (QED) is 0.806. The highest BCUT2D eigenvalue weighted by molar-refractivity contribution is 5.37. The van der Waals surface area contributed by atoms with Crippen molar-refractivity contribution in [1.82, 2.24) is 5.32 Å². The number of fused-ring (bicyclic) bond motifs is 1. The summed E-state index contributed by atoms with van der Waals surface area (Å²) in [6.45, 7) is 2.27. The van der Waals surface area contributed by atoms with E-state index >= 15 is 0 Å². The van der Waals surface area contributed by atoms with E-state index in [-0.39, 0.29) is 0 Å². The van der Waals surface area contributed by atoms with Crippen LogP contribution in [0.1, 0.15) is 24.8 Å². The maximum Gasteiger partial charge on any atom is 0.119 e. The lowest BCUT2D eigenvalue weighted by atomic mass is 9.61. The number of nitrogens with one attached hydrogen (secondary N) is 1. The van der Waals surface area contributed by atoms with Crippen molar-refractivity contribution in [2.24, 2.45) is 5.92 Å². The minimum Gasteiger partial charge on any atom is -0.497 e. The number of hydrogen-bond acceptors (Lipinski definition) is 2. The first-order valence-corrected chi connectivity index (χ1v) is 6.85. The molecule has 2 heteroatoms. The van der Waals surface area contributed by atoms with Crippen molar-refractivity contribution in [3.63, 3.8) is 0 Å². The SMILES string of the molecule is COc1cccc([C@@]23CC=CC[C@H]2CNCC3)c1. The van der Waals surface area contributed by atoms with Gasteiger partial charge in [0.15, 0.2) is 0 Å². The van der Waals surface area contributed by atoms with Gasteiger partial charge in [-0.1, -0.05) is 24.3 Å². The highest BCUT2D eigenvalue weighted by atomic mass is 16.5. The Bertz CT molecular complexity index is 454. The lowest BCUT2D eigenvalue weighted by Crippen LogP contribution is -2.48. The minimum atomic E-state index is 0.328. The summed E-state index contributed by atoms with van der Waals surface area (Å²) in [5, 5.41) is 3.54. The van der Waals surface area contributed by atoms with Gasteiger partial charge in [-0.15, -0.1) is 0 Å². The summed E-state index contributed by atoms with van der Waals surface area (Å²) in [4.78, 5) is 0. The van der Waals surface area contributed by atoms with Crippen LogP contribution in [0.4, 0.5) is 0 Å². The Morgan fingerprint density at radius 2 is 2.28 bits per heavy atom. The number of benzene rings is 1. The molecule has 1 heterocycles. The summed E-state index contributed by atoms with van der Waals surface area (Å²) in [5.41, 5.74) is 1.78. The number of ether oxygens (including phenoxy) is 1. The summed E-state index contributed by atoms with van der Waals surface area (Å²) in [6.07, 6.45) is 8.31. The van der Waals surface area contributed by atoms with E-state index in [0.29, 0.717) is 5.41 Å². The average Bonchev–Trinajstić information content (AvgIpc) is 2.47.